The second-order valence-corrected chi connectivity index (χ2v) is 3.56. The normalized spacial score (nSPS) is 11.6. The monoisotopic (exact) mass is 215 g/mol. The minimum Gasteiger partial charge on any atom is -0.477 e. The van der Waals surface area contributed by atoms with E-state index in [1.54, 1.807) is 0 Å². The van der Waals surface area contributed by atoms with Gasteiger partial charge in [0.1, 0.15) is 5.71 Å². The molecule has 5 nitrogen and oxygen atoms in total. The van der Waals surface area contributed by atoms with Gasteiger partial charge in [-0.25, -0.2) is 4.79 Å². The summed E-state index contributed by atoms with van der Waals surface area (Å²) in [5.41, 5.74) is 0.119. The molecule has 0 radical (unpaired) electrons. The molecule has 0 aliphatic rings. The van der Waals surface area contributed by atoms with E-state index in [1.807, 2.05) is 13.8 Å². The van der Waals surface area contributed by atoms with E-state index in [-0.39, 0.29) is 30.6 Å². The molecule has 0 unspecified atom stereocenters. The Morgan fingerprint density at radius 3 is 2.40 bits per heavy atom. The van der Waals surface area contributed by atoms with E-state index >= 15 is 0 Å². The quantitative estimate of drug-likeness (QED) is 0.532. The van der Waals surface area contributed by atoms with Crippen molar-refractivity contribution in [2.45, 2.75) is 26.7 Å². The first kappa shape index (κ1) is 13.6. The van der Waals surface area contributed by atoms with Gasteiger partial charge in [0.05, 0.1) is 20.1 Å². The maximum absolute atomic E-state index is 10.7. The maximum atomic E-state index is 10.7. The summed E-state index contributed by atoms with van der Waals surface area (Å²) in [4.78, 5) is 25.3. The highest BCUT2D eigenvalue weighted by atomic mass is 16.5. The van der Waals surface area contributed by atoms with Gasteiger partial charge in [0.2, 0.25) is 0 Å². The first-order valence-corrected chi connectivity index (χ1v) is 4.80. The number of aliphatic carboxylic acids is 1. The van der Waals surface area contributed by atoms with Crippen LogP contribution in [0.2, 0.25) is 0 Å². The summed E-state index contributed by atoms with van der Waals surface area (Å²) in [6, 6.07) is 0. The van der Waals surface area contributed by atoms with E-state index in [9.17, 15) is 9.59 Å². The number of hydrogen-bond acceptors (Lipinski definition) is 4. The third kappa shape index (κ3) is 6.65. The SMILES string of the molecule is COC(=O)CCN=C(CC(C)C)C(=O)O. The van der Waals surface area contributed by atoms with Crippen LogP contribution < -0.4 is 0 Å². The third-order valence-corrected chi connectivity index (χ3v) is 1.69. The van der Waals surface area contributed by atoms with Crippen LogP contribution in [0.4, 0.5) is 0 Å². The molecule has 0 spiro atoms. The van der Waals surface area contributed by atoms with Crippen molar-refractivity contribution in [3.8, 4) is 0 Å². The molecule has 0 atom stereocenters. The minimum atomic E-state index is -1.02. The van der Waals surface area contributed by atoms with E-state index in [1.165, 1.54) is 7.11 Å². The van der Waals surface area contributed by atoms with Gasteiger partial charge in [-0.2, -0.15) is 0 Å². The van der Waals surface area contributed by atoms with Crippen LogP contribution in [0.3, 0.4) is 0 Å². The molecule has 15 heavy (non-hydrogen) atoms. The third-order valence-electron chi connectivity index (χ3n) is 1.69. The smallest absolute Gasteiger partial charge is 0.349 e. The van der Waals surface area contributed by atoms with E-state index in [0.717, 1.165) is 0 Å². The largest absolute Gasteiger partial charge is 0.477 e. The van der Waals surface area contributed by atoms with Crippen LogP contribution >= 0.6 is 0 Å². The lowest BCUT2D eigenvalue weighted by Gasteiger charge is -2.04. The molecule has 0 rings (SSSR count). The van der Waals surface area contributed by atoms with Crippen LogP contribution in [0.1, 0.15) is 26.7 Å². The van der Waals surface area contributed by atoms with Crippen LogP contribution in [0, 0.1) is 5.92 Å². The lowest BCUT2D eigenvalue weighted by molar-refractivity contribution is -0.140. The van der Waals surface area contributed by atoms with Gasteiger partial charge in [0, 0.05) is 0 Å². The second-order valence-electron chi connectivity index (χ2n) is 3.56. The average molecular weight is 215 g/mol. The lowest BCUT2D eigenvalue weighted by Crippen LogP contribution is -2.16. The topological polar surface area (TPSA) is 76.0 Å². The van der Waals surface area contributed by atoms with Gasteiger partial charge in [-0.15, -0.1) is 0 Å². The maximum Gasteiger partial charge on any atom is 0.349 e. The molecule has 0 aromatic rings. The van der Waals surface area contributed by atoms with Gasteiger partial charge < -0.3 is 9.84 Å². The number of ether oxygens (including phenoxy) is 1. The standard InChI is InChI=1S/C10H17NO4/c1-7(2)6-8(10(13)14)11-5-4-9(12)15-3/h7H,4-6H2,1-3H3,(H,13,14). The summed E-state index contributed by atoms with van der Waals surface area (Å²) < 4.78 is 4.42. The van der Waals surface area contributed by atoms with Crippen molar-refractivity contribution in [1.29, 1.82) is 0 Å². The summed E-state index contributed by atoms with van der Waals surface area (Å²) in [6.45, 7) is 4.00. The van der Waals surface area contributed by atoms with Crippen LogP contribution in [0.15, 0.2) is 4.99 Å². The fraction of sp³-hybridized carbons (Fsp3) is 0.700. The molecular weight excluding hydrogens is 198 g/mol. The molecule has 5 heteroatoms. The molecular formula is C10H17NO4. The molecule has 0 aromatic heterocycles. The number of aliphatic imine (C=N–C) groups is 1. The van der Waals surface area contributed by atoms with E-state index in [0.29, 0.717) is 6.42 Å². The number of carboxylic acid groups (broad SMARTS) is 1. The lowest BCUT2D eigenvalue weighted by atomic mass is 10.1. The molecule has 0 heterocycles. The summed E-state index contributed by atoms with van der Waals surface area (Å²) >= 11 is 0. The molecule has 0 aliphatic carbocycles. The fourth-order valence-electron chi connectivity index (χ4n) is 0.990. The second kappa shape index (κ2) is 6.98. The number of carbonyl (C=O) groups excluding carboxylic acids is 1. The molecule has 0 aromatic carbocycles. The summed E-state index contributed by atoms with van der Waals surface area (Å²) in [7, 11) is 1.29. The molecule has 0 amide bonds. The van der Waals surface area contributed by atoms with Crippen LogP contribution in [0.25, 0.3) is 0 Å². The van der Waals surface area contributed by atoms with Gasteiger partial charge in [-0.05, 0) is 12.3 Å². The Bertz CT molecular complexity index is 258. The van der Waals surface area contributed by atoms with Gasteiger partial charge in [-0.1, -0.05) is 13.8 Å². The fourth-order valence-corrected chi connectivity index (χ4v) is 0.990. The van der Waals surface area contributed by atoms with E-state index < -0.39 is 5.97 Å². The van der Waals surface area contributed by atoms with E-state index in [2.05, 4.69) is 9.73 Å². The Morgan fingerprint density at radius 1 is 1.40 bits per heavy atom. The average Bonchev–Trinajstić information content (AvgIpc) is 2.15. The van der Waals surface area contributed by atoms with Crippen molar-refractivity contribution >= 4 is 17.7 Å². The molecule has 0 fully saturated rings. The molecule has 0 saturated heterocycles. The number of nitrogens with zero attached hydrogens (tertiary/aromatic N) is 1. The highest BCUT2D eigenvalue weighted by Gasteiger charge is 2.11. The number of rotatable bonds is 6. The molecule has 86 valence electrons. The number of hydrogen-bond donors (Lipinski definition) is 1. The Labute approximate surface area is 89.1 Å². The van der Waals surface area contributed by atoms with Crippen molar-refractivity contribution in [2.24, 2.45) is 10.9 Å². The van der Waals surface area contributed by atoms with Crippen LogP contribution in [-0.4, -0.2) is 36.4 Å². The molecule has 1 N–H and O–H groups in total. The van der Waals surface area contributed by atoms with Crippen molar-refractivity contribution in [2.75, 3.05) is 13.7 Å². The van der Waals surface area contributed by atoms with Crippen LogP contribution in [0.5, 0.6) is 0 Å². The predicted octanol–water partition coefficient (Wildman–Crippen LogP) is 1.12. The van der Waals surface area contributed by atoms with Gasteiger partial charge >= 0.3 is 11.9 Å². The summed E-state index contributed by atoms with van der Waals surface area (Å²) in [5, 5.41) is 8.80. The predicted molar refractivity (Wildman–Crippen MR) is 56.0 cm³/mol. The zero-order valence-electron chi connectivity index (χ0n) is 9.32. The number of carboxylic acids is 1. The Morgan fingerprint density at radius 2 is 2.00 bits per heavy atom. The highest BCUT2D eigenvalue weighted by molar-refractivity contribution is 6.35. The van der Waals surface area contributed by atoms with Crippen molar-refractivity contribution < 1.29 is 19.4 Å². The minimum absolute atomic E-state index is 0.116. The summed E-state index contributed by atoms with van der Waals surface area (Å²) in [6.07, 6.45) is 0.530. The highest BCUT2D eigenvalue weighted by Crippen LogP contribution is 2.02. The van der Waals surface area contributed by atoms with Crippen molar-refractivity contribution in [3.63, 3.8) is 0 Å². The first-order chi connectivity index (χ1) is 6.97. The van der Waals surface area contributed by atoms with E-state index in [4.69, 9.17) is 5.11 Å². The van der Waals surface area contributed by atoms with Crippen molar-refractivity contribution in [3.05, 3.63) is 0 Å². The summed E-state index contributed by atoms with van der Waals surface area (Å²) in [5.74, 6) is -1.17. The Kier molecular flexibility index (Phi) is 6.33. The zero-order valence-corrected chi connectivity index (χ0v) is 9.32. The van der Waals surface area contributed by atoms with Crippen molar-refractivity contribution in [1.82, 2.24) is 0 Å². The Hall–Kier alpha value is -1.39. The van der Waals surface area contributed by atoms with Gasteiger partial charge in [0.15, 0.2) is 0 Å². The Balaban J connectivity index is 4.18. The molecule has 0 aliphatic heterocycles. The number of esters is 1. The number of methoxy groups -OCH3 is 1. The first-order valence-electron chi connectivity index (χ1n) is 4.80. The van der Waals surface area contributed by atoms with Crippen LogP contribution in [-0.2, 0) is 14.3 Å². The van der Waals surface area contributed by atoms with Gasteiger partial charge in [0.25, 0.3) is 0 Å². The zero-order chi connectivity index (χ0) is 11.8. The number of carbonyl (C=O) groups is 2. The molecule has 0 saturated carbocycles. The van der Waals surface area contributed by atoms with Gasteiger partial charge in [-0.3, -0.25) is 9.79 Å². The molecule has 0 bridgehead atoms.